The molecule has 1 aliphatic carbocycles. The Kier molecular flexibility index (Phi) is 9.21. The lowest BCUT2D eigenvalue weighted by Crippen LogP contribution is -2.47. The minimum Gasteiger partial charge on any atom is -0.495 e. The average Bonchev–Trinajstić information content (AvgIpc) is 3.40. The maximum Gasteiger partial charge on any atom is 0.139 e. The Morgan fingerprint density at radius 2 is 1.74 bits per heavy atom. The van der Waals surface area contributed by atoms with E-state index in [0.717, 1.165) is 63.3 Å². The number of hydrogen-bond donors (Lipinski definition) is 1. The molecule has 0 bridgehead atoms. The first-order valence-electron chi connectivity index (χ1n) is 13.3. The summed E-state index contributed by atoms with van der Waals surface area (Å²) in [6.07, 6.45) is 6.49. The largest absolute Gasteiger partial charge is 0.495 e. The molecule has 1 unspecified atom stereocenters. The molecule has 5 nitrogen and oxygen atoms in total. The molecule has 1 heterocycles. The van der Waals surface area contributed by atoms with Crippen LogP contribution in [0.1, 0.15) is 61.8 Å². The van der Waals surface area contributed by atoms with Crippen LogP contribution in [-0.2, 0) is 0 Å². The summed E-state index contributed by atoms with van der Waals surface area (Å²) >= 11 is 6.21. The van der Waals surface area contributed by atoms with Gasteiger partial charge in [-0.2, -0.15) is 0 Å². The van der Waals surface area contributed by atoms with Crippen molar-refractivity contribution in [1.82, 2.24) is 10.2 Å². The maximum absolute atomic E-state index is 6.21. The molecule has 1 N–H and O–H groups in total. The smallest absolute Gasteiger partial charge is 0.139 e. The van der Waals surface area contributed by atoms with Crippen molar-refractivity contribution < 1.29 is 9.47 Å². The second-order valence-electron chi connectivity index (χ2n) is 10.1. The van der Waals surface area contributed by atoms with E-state index < -0.39 is 0 Å². The molecule has 6 heteroatoms. The zero-order valence-corrected chi connectivity index (χ0v) is 22.7. The summed E-state index contributed by atoms with van der Waals surface area (Å²) in [7, 11) is 1.67. The van der Waals surface area contributed by atoms with E-state index in [0.29, 0.717) is 11.1 Å². The fourth-order valence-corrected chi connectivity index (χ4v) is 5.72. The summed E-state index contributed by atoms with van der Waals surface area (Å²) in [5.74, 6) is 1.76. The number of rotatable bonds is 10. The third kappa shape index (κ3) is 6.44. The Hall–Kier alpha value is -1.95. The van der Waals surface area contributed by atoms with Gasteiger partial charge in [-0.05, 0) is 81.5 Å². The molecule has 1 atom stereocenters. The van der Waals surface area contributed by atoms with Gasteiger partial charge in [-0.15, -0.1) is 0 Å². The highest BCUT2D eigenvalue weighted by molar-refractivity contribution is 6.32. The molecule has 0 spiro atoms. The number of halogens is 1. The molecule has 1 aliphatic heterocycles. The van der Waals surface area contributed by atoms with Crippen LogP contribution in [0.25, 0.3) is 0 Å². The minimum absolute atomic E-state index is 0.375. The van der Waals surface area contributed by atoms with Gasteiger partial charge in [-0.25, -0.2) is 0 Å². The van der Waals surface area contributed by atoms with Crippen molar-refractivity contribution in [3.63, 3.8) is 0 Å². The summed E-state index contributed by atoms with van der Waals surface area (Å²) < 4.78 is 11.6. The van der Waals surface area contributed by atoms with Gasteiger partial charge in [0.1, 0.15) is 11.5 Å². The lowest BCUT2D eigenvalue weighted by atomic mass is 9.96. The molecule has 2 aromatic rings. The van der Waals surface area contributed by atoms with Crippen molar-refractivity contribution in [2.45, 2.75) is 65.0 Å². The molecule has 2 aromatic carbocycles. The number of nitrogens with zero attached hydrogens (tertiary/aromatic N) is 2. The lowest BCUT2D eigenvalue weighted by molar-refractivity contribution is 0.198. The van der Waals surface area contributed by atoms with Crippen molar-refractivity contribution in [1.29, 1.82) is 0 Å². The van der Waals surface area contributed by atoms with Gasteiger partial charge in [0.25, 0.3) is 0 Å². The number of hydrogen-bond acceptors (Lipinski definition) is 5. The second-order valence-corrected chi connectivity index (χ2v) is 10.5. The van der Waals surface area contributed by atoms with Gasteiger partial charge < -0.3 is 19.7 Å². The molecule has 2 fully saturated rings. The van der Waals surface area contributed by atoms with Crippen LogP contribution >= 0.6 is 11.6 Å². The molecular weight excluding hydrogens is 458 g/mol. The van der Waals surface area contributed by atoms with Crippen LogP contribution in [0.5, 0.6) is 11.5 Å². The fourth-order valence-electron chi connectivity index (χ4n) is 5.53. The van der Waals surface area contributed by atoms with Crippen molar-refractivity contribution in [2.75, 3.05) is 51.3 Å². The average molecular weight is 500 g/mol. The Bertz CT molecular complexity index is 969. The number of anilines is 1. The monoisotopic (exact) mass is 499 g/mol. The summed E-state index contributed by atoms with van der Waals surface area (Å²) in [4.78, 5) is 5.00. The number of piperazine rings is 1. The normalized spacial score (nSPS) is 18.1. The third-order valence-corrected chi connectivity index (χ3v) is 8.27. The lowest BCUT2D eigenvalue weighted by Gasteiger charge is -2.40. The van der Waals surface area contributed by atoms with E-state index in [1.54, 1.807) is 7.11 Å². The Morgan fingerprint density at radius 1 is 1.00 bits per heavy atom. The van der Waals surface area contributed by atoms with Crippen LogP contribution in [-0.4, -0.2) is 57.4 Å². The molecule has 1 saturated carbocycles. The highest BCUT2D eigenvalue weighted by atomic mass is 35.5. The Morgan fingerprint density at radius 3 is 2.46 bits per heavy atom. The van der Waals surface area contributed by atoms with Gasteiger partial charge in [-0.3, -0.25) is 4.90 Å². The van der Waals surface area contributed by atoms with Gasteiger partial charge in [0, 0.05) is 50.0 Å². The SMILES string of the molecule is COc1cc(N2CCN(C(C)c3ccc(OCCCNC4CCCC4)c(C)c3C)CC2)ccc1Cl. The number of methoxy groups -OCH3 is 1. The van der Waals surface area contributed by atoms with E-state index in [2.05, 4.69) is 54.1 Å². The highest BCUT2D eigenvalue weighted by Gasteiger charge is 2.24. The predicted molar refractivity (Wildman–Crippen MR) is 146 cm³/mol. The van der Waals surface area contributed by atoms with Crippen molar-refractivity contribution >= 4 is 17.3 Å². The Labute approximate surface area is 216 Å². The zero-order chi connectivity index (χ0) is 24.8. The van der Waals surface area contributed by atoms with Crippen LogP contribution < -0.4 is 19.7 Å². The predicted octanol–water partition coefficient (Wildman–Crippen LogP) is 6.15. The summed E-state index contributed by atoms with van der Waals surface area (Å²) in [5.41, 5.74) is 5.19. The molecule has 35 heavy (non-hydrogen) atoms. The summed E-state index contributed by atoms with van der Waals surface area (Å²) in [6, 6.07) is 11.6. The molecule has 192 valence electrons. The van der Waals surface area contributed by atoms with Gasteiger partial charge >= 0.3 is 0 Å². The first-order chi connectivity index (χ1) is 17.0. The minimum atomic E-state index is 0.375. The van der Waals surface area contributed by atoms with Gasteiger partial charge in [0.05, 0.1) is 18.7 Å². The van der Waals surface area contributed by atoms with Gasteiger partial charge in [-0.1, -0.05) is 30.5 Å². The van der Waals surface area contributed by atoms with E-state index in [1.165, 1.54) is 48.1 Å². The third-order valence-electron chi connectivity index (χ3n) is 7.96. The molecule has 0 radical (unpaired) electrons. The molecule has 2 aliphatic rings. The molecule has 1 saturated heterocycles. The van der Waals surface area contributed by atoms with Gasteiger partial charge in [0.15, 0.2) is 0 Å². The highest BCUT2D eigenvalue weighted by Crippen LogP contribution is 2.33. The van der Waals surface area contributed by atoms with E-state index >= 15 is 0 Å². The quantitative estimate of drug-likeness (QED) is 0.397. The first-order valence-corrected chi connectivity index (χ1v) is 13.6. The molecule has 0 amide bonds. The van der Waals surface area contributed by atoms with Gasteiger partial charge in [0.2, 0.25) is 0 Å². The van der Waals surface area contributed by atoms with E-state index in [-0.39, 0.29) is 0 Å². The van der Waals surface area contributed by atoms with E-state index in [1.807, 2.05) is 12.1 Å². The number of nitrogens with one attached hydrogen (secondary N) is 1. The number of benzene rings is 2. The summed E-state index contributed by atoms with van der Waals surface area (Å²) in [5, 5.41) is 4.33. The van der Waals surface area contributed by atoms with Crippen LogP contribution in [0.15, 0.2) is 30.3 Å². The van der Waals surface area contributed by atoms with E-state index in [4.69, 9.17) is 21.1 Å². The first kappa shape index (κ1) is 26.1. The topological polar surface area (TPSA) is 37.0 Å². The second kappa shape index (κ2) is 12.3. The van der Waals surface area contributed by atoms with Crippen LogP contribution in [0.2, 0.25) is 5.02 Å². The molecule has 0 aromatic heterocycles. The summed E-state index contributed by atoms with van der Waals surface area (Å²) in [6.45, 7) is 12.6. The van der Waals surface area contributed by atoms with Crippen molar-refractivity contribution in [3.8, 4) is 11.5 Å². The number of ether oxygens (including phenoxy) is 2. The standard InChI is InChI=1S/C29H42ClN3O2/c1-21-22(2)28(35-19-7-14-31-24-8-5-6-9-24)13-11-26(21)23(3)32-15-17-33(18-16-32)25-10-12-27(30)29(20-25)34-4/h10-13,20,23-24,31H,5-9,14-19H2,1-4H3. The van der Waals surface area contributed by atoms with Crippen LogP contribution in [0.4, 0.5) is 5.69 Å². The Balaban J connectivity index is 1.29. The maximum atomic E-state index is 6.21. The van der Waals surface area contributed by atoms with E-state index in [9.17, 15) is 0 Å². The molecule has 4 rings (SSSR count). The van der Waals surface area contributed by atoms with Crippen molar-refractivity contribution in [3.05, 3.63) is 52.0 Å². The zero-order valence-electron chi connectivity index (χ0n) is 21.9. The van der Waals surface area contributed by atoms with Crippen LogP contribution in [0.3, 0.4) is 0 Å². The molecular formula is C29H42ClN3O2. The van der Waals surface area contributed by atoms with Crippen molar-refractivity contribution in [2.24, 2.45) is 0 Å². The fraction of sp³-hybridized carbons (Fsp3) is 0.586. The van der Waals surface area contributed by atoms with Crippen LogP contribution in [0, 0.1) is 13.8 Å².